The lowest BCUT2D eigenvalue weighted by Crippen LogP contribution is -2.46. The van der Waals surface area contributed by atoms with Crippen molar-refractivity contribution in [3.63, 3.8) is 0 Å². The van der Waals surface area contributed by atoms with Crippen LogP contribution in [0, 0.1) is 0 Å². The maximum atomic E-state index is 5.83. The quantitative estimate of drug-likeness (QED) is 0.707. The molecule has 3 heterocycles. The number of hydrogen-bond acceptors (Lipinski definition) is 6. The molecule has 0 unspecified atom stereocenters. The zero-order valence-corrected chi connectivity index (χ0v) is 14.5. The summed E-state index contributed by atoms with van der Waals surface area (Å²) in [5.41, 5.74) is 1.24. The maximum absolute atomic E-state index is 5.83. The fourth-order valence-electron chi connectivity index (χ4n) is 3.08. The Hall–Kier alpha value is -2.99. The summed E-state index contributed by atoms with van der Waals surface area (Å²) in [5.74, 6) is 2.39. The van der Waals surface area contributed by atoms with Crippen molar-refractivity contribution < 1.29 is 4.74 Å². The molecule has 6 nitrogen and oxygen atoms in total. The second kappa shape index (κ2) is 7.93. The maximum Gasteiger partial charge on any atom is 0.219 e. The molecule has 3 aromatic rings. The molecule has 2 aromatic heterocycles. The molecule has 1 aliphatic heterocycles. The summed E-state index contributed by atoms with van der Waals surface area (Å²) in [4.78, 5) is 17.5. The molecule has 0 radical (unpaired) electrons. The fraction of sp³-hybridized carbons (Fsp3) is 0.250. The van der Waals surface area contributed by atoms with E-state index < -0.39 is 0 Å². The van der Waals surface area contributed by atoms with Crippen LogP contribution in [0.2, 0.25) is 0 Å². The van der Waals surface area contributed by atoms with E-state index in [-0.39, 0.29) is 0 Å². The first-order valence-electron chi connectivity index (χ1n) is 8.78. The van der Waals surface area contributed by atoms with E-state index in [0.717, 1.165) is 44.3 Å². The van der Waals surface area contributed by atoms with Crippen molar-refractivity contribution in [3.8, 4) is 11.6 Å². The summed E-state index contributed by atoms with van der Waals surface area (Å²) in [6, 6.07) is 13.9. The zero-order valence-electron chi connectivity index (χ0n) is 14.5. The van der Waals surface area contributed by atoms with Crippen molar-refractivity contribution in [2.45, 2.75) is 6.54 Å². The van der Waals surface area contributed by atoms with Crippen molar-refractivity contribution in [2.75, 3.05) is 31.1 Å². The number of aromatic nitrogens is 3. The third-order valence-corrected chi connectivity index (χ3v) is 4.41. The van der Waals surface area contributed by atoms with Crippen LogP contribution in [0.15, 0.2) is 67.3 Å². The molecule has 1 fully saturated rings. The van der Waals surface area contributed by atoms with E-state index in [1.54, 1.807) is 18.6 Å². The van der Waals surface area contributed by atoms with Crippen molar-refractivity contribution >= 4 is 5.82 Å². The zero-order chi connectivity index (χ0) is 17.6. The highest BCUT2D eigenvalue weighted by Gasteiger charge is 2.18. The number of benzene rings is 1. The predicted molar refractivity (Wildman–Crippen MR) is 100 cm³/mol. The summed E-state index contributed by atoms with van der Waals surface area (Å²) >= 11 is 0. The Morgan fingerprint density at radius 2 is 1.81 bits per heavy atom. The van der Waals surface area contributed by atoms with Crippen LogP contribution in [0.25, 0.3) is 0 Å². The summed E-state index contributed by atoms with van der Waals surface area (Å²) in [6.07, 6.45) is 7.01. The van der Waals surface area contributed by atoms with Crippen LogP contribution in [0.1, 0.15) is 5.56 Å². The Balaban J connectivity index is 1.34. The molecular weight excluding hydrogens is 326 g/mol. The highest BCUT2D eigenvalue weighted by molar-refractivity contribution is 5.36. The van der Waals surface area contributed by atoms with Crippen molar-refractivity contribution in [3.05, 3.63) is 72.8 Å². The molecule has 1 aliphatic rings. The lowest BCUT2D eigenvalue weighted by molar-refractivity contribution is 0.249. The van der Waals surface area contributed by atoms with Crippen LogP contribution in [-0.4, -0.2) is 46.0 Å². The summed E-state index contributed by atoms with van der Waals surface area (Å²) < 4.78 is 5.83. The molecule has 0 atom stereocenters. The molecule has 0 saturated carbocycles. The van der Waals surface area contributed by atoms with Crippen LogP contribution in [0.5, 0.6) is 11.6 Å². The molecule has 1 saturated heterocycles. The average molecular weight is 347 g/mol. The Morgan fingerprint density at radius 1 is 0.885 bits per heavy atom. The monoisotopic (exact) mass is 347 g/mol. The van der Waals surface area contributed by atoms with Crippen LogP contribution < -0.4 is 9.64 Å². The van der Waals surface area contributed by atoms with Gasteiger partial charge in [0.25, 0.3) is 0 Å². The van der Waals surface area contributed by atoms with Gasteiger partial charge in [-0.2, -0.15) is 0 Å². The van der Waals surface area contributed by atoms with Gasteiger partial charge >= 0.3 is 0 Å². The first-order chi connectivity index (χ1) is 12.9. The van der Waals surface area contributed by atoms with Gasteiger partial charge in [-0.15, -0.1) is 0 Å². The smallest absolute Gasteiger partial charge is 0.219 e. The summed E-state index contributed by atoms with van der Waals surface area (Å²) in [5, 5.41) is 0. The minimum atomic E-state index is 0.613. The lowest BCUT2D eigenvalue weighted by atomic mass is 10.2. The van der Waals surface area contributed by atoms with Crippen LogP contribution in [0.4, 0.5) is 5.82 Å². The third-order valence-electron chi connectivity index (χ3n) is 4.41. The minimum absolute atomic E-state index is 0.613. The van der Waals surface area contributed by atoms with E-state index in [1.165, 1.54) is 5.56 Å². The Kier molecular flexibility index (Phi) is 5.02. The normalized spacial score (nSPS) is 15.0. The molecular formula is C20H21N5O. The Bertz CT molecular complexity index is 820. The topological polar surface area (TPSA) is 54.4 Å². The van der Waals surface area contributed by atoms with E-state index in [0.29, 0.717) is 5.88 Å². The number of anilines is 1. The van der Waals surface area contributed by atoms with E-state index in [2.05, 4.69) is 36.9 Å². The van der Waals surface area contributed by atoms with Crippen molar-refractivity contribution in [1.82, 2.24) is 19.9 Å². The molecule has 4 rings (SSSR count). The molecule has 1 aromatic carbocycles. The number of piperazine rings is 1. The van der Waals surface area contributed by atoms with Crippen molar-refractivity contribution in [2.24, 2.45) is 0 Å². The summed E-state index contributed by atoms with van der Waals surface area (Å²) in [7, 11) is 0. The second-order valence-electron chi connectivity index (χ2n) is 6.24. The molecule has 0 N–H and O–H groups in total. The van der Waals surface area contributed by atoms with Gasteiger partial charge in [0.15, 0.2) is 0 Å². The van der Waals surface area contributed by atoms with E-state index >= 15 is 0 Å². The van der Waals surface area contributed by atoms with Gasteiger partial charge in [-0.1, -0.05) is 18.2 Å². The molecule has 132 valence electrons. The van der Waals surface area contributed by atoms with Gasteiger partial charge in [-0.25, -0.2) is 9.97 Å². The number of hydrogen-bond donors (Lipinski definition) is 0. The minimum Gasteiger partial charge on any atom is -0.439 e. The molecule has 0 bridgehead atoms. The van der Waals surface area contributed by atoms with Gasteiger partial charge in [0, 0.05) is 57.4 Å². The Labute approximate surface area is 153 Å². The molecule has 0 amide bonds. The van der Waals surface area contributed by atoms with Gasteiger partial charge in [-0.3, -0.25) is 9.88 Å². The lowest BCUT2D eigenvalue weighted by Gasteiger charge is -2.35. The first-order valence-corrected chi connectivity index (χ1v) is 8.78. The largest absolute Gasteiger partial charge is 0.439 e. The van der Waals surface area contributed by atoms with E-state index in [4.69, 9.17) is 4.74 Å². The fourth-order valence-corrected chi connectivity index (χ4v) is 3.08. The molecule has 0 aliphatic carbocycles. The van der Waals surface area contributed by atoms with Gasteiger partial charge in [0.1, 0.15) is 11.6 Å². The van der Waals surface area contributed by atoms with Gasteiger partial charge in [0.05, 0.1) is 6.20 Å². The summed E-state index contributed by atoms with van der Waals surface area (Å²) in [6.45, 7) is 4.84. The van der Waals surface area contributed by atoms with Gasteiger partial charge < -0.3 is 9.64 Å². The van der Waals surface area contributed by atoms with Crippen LogP contribution in [0.3, 0.4) is 0 Å². The van der Waals surface area contributed by atoms with E-state index in [1.807, 2.05) is 36.5 Å². The SMILES string of the molecule is c1ccc(Oc2cccc(CN3CCN(c4cnccn4)CC3)c2)nc1. The number of rotatable bonds is 5. The number of nitrogens with zero attached hydrogens (tertiary/aromatic N) is 5. The third kappa shape index (κ3) is 4.15. The van der Waals surface area contributed by atoms with Gasteiger partial charge in [-0.05, 0) is 23.8 Å². The molecule has 0 spiro atoms. The predicted octanol–water partition coefficient (Wildman–Crippen LogP) is 2.99. The van der Waals surface area contributed by atoms with Crippen LogP contribution in [-0.2, 0) is 6.54 Å². The highest BCUT2D eigenvalue weighted by atomic mass is 16.5. The van der Waals surface area contributed by atoms with Crippen LogP contribution >= 0.6 is 0 Å². The number of ether oxygens (including phenoxy) is 1. The average Bonchev–Trinajstić information content (AvgIpc) is 2.70. The highest BCUT2D eigenvalue weighted by Crippen LogP contribution is 2.21. The standard InChI is InChI=1S/C20H21N5O/c1-2-7-23-20(6-1)26-18-5-3-4-17(14-18)16-24-10-12-25(13-11-24)19-15-21-8-9-22-19/h1-9,14-15H,10-13,16H2. The second-order valence-corrected chi connectivity index (χ2v) is 6.24. The molecule has 6 heteroatoms. The number of pyridine rings is 1. The Morgan fingerprint density at radius 3 is 2.58 bits per heavy atom. The van der Waals surface area contributed by atoms with Crippen molar-refractivity contribution in [1.29, 1.82) is 0 Å². The van der Waals surface area contributed by atoms with Gasteiger partial charge in [0.2, 0.25) is 5.88 Å². The molecule has 26 heavy (non-hydrogen) atoms. The van der Waals surface area contributed by atoms with E-state index in [9.17, 15) is 0 Å². The first kappa shape index (κ1) is 16.5.